The van der Waals surface area contributed by atoms with Crippen LogP contribution in [0.15, 0.2) is 42.6 Å². The lowest BCUT2D eigenvalue weighted by Gasteiger charge is -2.17. The Morgan fingerprint density at radius 1 is 1.30 bits per heavy atom. The van der Waals surface area contributed by atoms with Crippen molar-refractivity contribution in [1.29, 1.82) is 0 Å². The van der Waals surface area contributed by atoms with Crippen LogP contribution in [0.1, 0.15) is 25.0 Å². The van der Waals surface area contributed by atoms with Gasteiger partial charge in [-0.15, -0.1) is 0 Å². The molecule has 0 unspecified atom stereocenters. The fraction of sp³-hybridized carbons (Fsp3) is 0.444. The topological polar surface area (TPSA) is 56.2 Å². The first-order valence-electron chi connectivity index (χ1n) is 8.10. The molecule has 1 aliphatic carbocycles. The Morgan fingerprint density at radius 2 is 2.09 bits per heavy atom. The predicted molar refractivity (Wildman–Crippen MR) is 88.2 cm³/mol. The van der Waals surface area contributed by atoms with Gasteiger partial charge in [0.1, 0.15) is 5.75 Å². The molecule has 1 heterocycles. The van der Waals surface area contributed by atoms with Crippen molar-refractivity contribution < 1.29 is 9.53 Å². The van der Waals surface area contributed by atoms with Crippen molar-refractivity contribution in [1.82, 2.24) is 15.1 Å². The van der Waals surface area contributed by atoms with Gasteiger partial charge in [-0.05, 0) is 38.0 Å². The van der Waals surface area contributed by atoms with Crippen molar-refractivity contribution in [2.75, 3.05) is 13.2 Å². The molecule has 0 radical (unpaired) electrons. The Hall–Kier alpha value is -2.30. The molecular formula is C18H23N3O2. The largest absolute Gasteiger partial charge is 0.493 e. The molecule has 122 valence electrons. The molecular weight excluding hydrogens is 290 g/mol. The smallest absolute Gasteiger partial charge is 0.221 e. The Balaban J connectivity index is 1.39. The van der Waals surface area contributed by atoms with Gasteiger partial charge in [0.2, 0.25) is 5.91 Å². The minimum absolute atomic E-state index is 0.0749. The fourth-order valence-corrected chi connectivity index (χ4v) is 2.52. The second-order valence-electron chi connectivity index (χ2n) is 6.32. The van der Waals surface area contributed by atoms with Crippen LogP contribution in [-0.4, -0.2) is 28.8 Å². The van der Waals surface area contributed by atoms with E-state index in [0.717, 1.165) is 24.3 Å². The number of aromatic nitrogens is 2. The summed E-state index contributed by atoms with van der Waals surface area (Å²) in [7, 11) is 0. The molecule has 1 amide bonds. The van der Waals surface area contributed by atoms with Gasteiger partial charge < -0.3 is 10.1 Å². The summed E-state index contributed by atoms with van der Waals surface area (Å²) in [6, 6.07) is 11.8. The maximum absolute atomic E-state index is 12.0. The molecule has 0 atom stereocenters. The minimum Gasteiger partial charge on any atom is -0.493 e. The number of hydrogen-bond acceptors (Lipinski definition) is 3. The van der Waals surface area contributed by atoms with Gasteiger partial charge in [-0.3, -0.25) is 9.48 Å². The monoisotopic (exact) mass is 313 g/mol. The van der Waals surface area contributed by atoms with Crippen LogP contribution < -0.4 is 10.1 Å². The molecule has 1 aliphatic rings. The molecule has 2 aromatic rings. The van der Waals surface area contributed by atoms with Crippen LogP contribution >= 0.6 is 0 Å². The summed E-state index contributed by atoms with van der Waals surface area (Å²) in [5, 5.41) is 7.23. The molecule has 1 saturated carbocycles. The van der Waals surface area contributed by atoms with Gasteiger partial charge in [-0.2, -0.15) is 5.10 Å². The summed E-state index contributed by atoms with van der Waals surface area (Å²) >= 11 is 0. The van der Waals surface area contributed by atoms with Gasteiger partial charge in [-0.1, -0.05) is 18.2 Å². The molecule has 1 N–H and O–H groups in total. The summed E-state index contributed by atoms with van der Waals surface area (Å²) in [6.45, 7) is 3.97. The summed E-state index contributed by atoms with van der Waals surface area (Å²) in [5.74, 6) is 0.963. The Bertz CT molecular complexity index is 647. The lowest BCUT2D eigenvalue weighted by Crippen LogP contribution is -2.33. The summed E-state index contributed by atoms with van der Waals surface area (Å²) in [4.78, 5) is 12.0. The van der Waals surface area contributed by atoms with E-state index in [0.29, 0.717) is 26.1 Å². The number of para-hydroxylation sites is 1. The number of hydrogen-bond donors (Lipinski definition) is 1. The van der Waals surface area contributed by atoms with Crippen molar-refractivity contribution in [3.63, 3.8) is 0 Å². The molecule has 1 aromatic carbocycles. The van der Waals surface area contributed by atoms with E-state index in [2.05, 4.69) is 10.4 Å². The molecule has 3 rings (SSSR count). The van der Waals surface area contributed by atoms with Gasteiger partial charge in [0.25, 0.3) is 0 Å². The van der Waals surface area contributed by atoms with E-state index in [1.807, 2.05) is 48.0 Å². The second kappa shape index (κ2) is 6.86. The van der Waals surface area contributed by atoms with Crippen molar-refractivity contribution in [2.24, 2.45) is 5.41 Å². The zero-order chi connectivity index (χ0) is 16.1. The Kier molecular flexibility index (Phi) is 4.65. The number of nitrogens with one attached hydrogen (secondary N) is 1. The number of amides is 1. The minimum atomic E-state index is 0.0749. The third-order valence-corrected chi connectivity index (χ3v) is 4.39. The first kappa shape index (κ1) is 15.6. The van der Waals surface area contributed by atoms with Crippen LogP contribution in [0.2, 0.25) is 0 Å². The van der Waals surface area contributed by atoms with Crippen molar-refractivity contribution in [3.05, 3.63) is 48.3 Å². The van der Waals surface area contributed by atoms with Crippen LogP contribution in [0.5, 0.6) is 5.75 Å². The van der Waals surface area contributed by atoms with E-state index in [4.69, 9.17) is 4.74 Å². The van der Waals surface area contributed by atoms with E-state index in [1.54, 1.807) is 6.20 Å². The van der Waals surface area contributed by atoms with Crippen molar-refractivity contribution in [3.8, 4) is 5.75 Å². The standard InChI is InChI=1S/C18H23N3O2/c1-15-7-11-20-21(15)12-8-17(22)19-13-18(9-10-18)14-23-16-5-3-2-4-6-16/h2-7,11H,8-10,12-14H2,1H3,(H,19,22). The first-order valence-corrected chi connectivity index (χ1v) is 8.10. The zero-order valence-electron chi connectivity index (χ0n) is 13.5. The van der Waals surface area contributed by atoms with Gasteiger partial charge in [0.05, 0.1) is 6.61 Å². The van der Waals surface area contributed by atoms with Gasteiger partial charge in [0, 0.05) is 36.8 Å². The van der Waals surface area contributed by atoms with Crippen molar-refractivity contribution >= 4 is 5.91 Å². The third kappa shape index (κ3) is 4.34. The van der Waals surface area contributed by atoms with Crippen LogP contribution in [-0.2, 0) is 11.3 Å². The fourth-order valence-electron chi connectivity index (χ4n) is 2.52. The highest BCUT2D eigenvalue weighted by atomic mass is 16.5. The van der Waals surface area contributed by atoms with Gasteiger partial charge >= 0.3 is 0 Å². The Labute approximate surface area is 136 Å². The van der Waals surface area contributed by atoms with E-state index >= 15 is 0 Å². The number of benzene rings is 1. The summed E-state index contributed by atoms with van der Waals surface area (Å²) < 4.78 is 7.69. The lowest BCUT2D eigenvalue weighted by molar-refractivity contribution is -0.121. The SMILES string of the molecule is Cc1ccnn1CCC(=O)NCC1(COc2ccccc2)CC1. The molecule has 5 nitrogen and oxygen atoms in total. The van der Waals surface area contributed by atoms with Gasteiger partial charge in [0.15, 0.2) is 0 Å². The van der Waals surface area contributed by atoms with E-state index in [-0.39, 0.29) is 11.3 Å². The highest BCUT2D eigenvalue weighted by molar-refractivity contribution is 5.75. The molecule has 0 spiro atoms. The maximum atomic E-state index is 12.0. The number of rotatable bonds is 8. The second-order valence-corrected chi connectivity index (χ2v) is 6.32. The quantitative estimate of drug-likeness (QED) is 0.815. The maximum Gasteiger partial charge on any atom is 0.221 e. The number of ether oxygens (including phenoxy) is 1. The van der Waals surface area contributed by atoms with E-state index in [9.17, 15) is 4.79 Å². The molecule has 0 bridgehead atoms. The number of carbonyl (C=O) groups is 1. The highest BCUT2D eigenvalue weighted by Gasteiger charge is 2.43. The Morgan fingerprint density at radius 3 is 2.74 bits per heavy atom. The average molecular weight is 313 g/mol. The predicted octanol–water partition coefficient (Wildman–Crippen LogP) is 2.56. The normalized spacial score (nSPS) is 15.2. The van der Waals surface area contributed by atoms with E-state index < -0.39 is 0 Å². The first-order chi connectivity index (χ1) is 11.2. The molecule has 1 aromatic heterocycles. The molecule has 23 heavy (non-hydrogen) atoms. The average Bonchev–Trinajstić information content (AvgIpc) is 3.24. The number of carbonyl (C=O) groups excluding carboxylic acids is 1. The van der Waals surface area contributed by atoms with Crippen molar-refractivity contribution in [2.45, 2.75) is 32.7 Å². The zero-order valence-corrected chi connectivity index (χ0v) is 13.5. The molecule has 0 saturated heterocycles. The lowest BCUT2D eigenvalue weighted by atomic mass is 10.1. The molecule has 1 fully saturated rings. The van der Waals surface area contributed by atoms with Crippen LogP contribution in [0.4, 0.5) is 0 Å². The third-order valence-electron chi connectivity index (χ3n) is 4.39. The van der Waals surface area contributed by atoms with Gasteiger partial charge in [-0.25, -0.2) is 0 Å². The molecule has 5 heteroatoms. The van der Waals surface area contributed by atoms with Crippen LogP contribution in [0.3, 0.4) is 0 Å². The van der Waals surface area contributed by atoms with E-state index in [1.165, 1.54) is 0 Å². The van der Waals surface area contributed by atoms with Crippen LogP contribution in [0, 0.1) is 12.3 Å². The molecule has 0 aliphatic heterocycles. The van der Waals surface area contributed by atoms with Crippen LogP contribution in [0.25, 0.3) is 0 Å². The number of aryl methyl sites for hydroxylation is 2. The highest BCUT2D eigenvalue weighted by Crippen LogP contribution is 2.45. The summed E-state index contributed by atoms with van der Waals surface area (Å²) in [6.07, 6.45) is 4.43. The summed E-state index contributed by atoms with van der Waals surface area (Å²) in [5.41, 5.74) is 1.19. The number of nitrogens with zero attached hydrogens (tertiary/aromatic N) is 2.